The molecular weight excluding hydrogens is 158 g/mol. The fourth-order valence-corrected chi connectivity index (χ4v) is 2.09. The molecule has 0 aromatic heterocycles. The van der Waals surface area contributed by atoms with Crippen LogP contribution in [0.5, 0.6) is 0 Å². The first kappa shape index (κ1) is 10.4. The van der Waals surface area contributed by atoms with Gasteiger partial charge in [0, 0.05) is 0 Å². The van der Waals surface area contributed by atoms with Crippen molar-refractivity contribution in [3.05, 3.63) is 24.4 Å². The van der Waals surface area contributed by atoms with E-state index in [2.05, 4.69) is 6.58 Å². The molecule has 1 heteroatoms. The van der Waals surface area contributed by atoms with E-state index < -0.39 is 0 Å². The van der Waals surface area contributed by atoms with Crippen LogP contribution in [-0.4, -0.2) is 0 Å². The summed E-state index contributed by atoms with van der Waals surface area (Å²) in [5, 5.41) is 0. The summed E-state index contributed by atoms with van der Waals surface area (Å²) < 4.78 is 0. The quantitative estimate of drug-likeness (QED) is 0.646. The second kappa shape index (κ2) is 5.85. The van der Waals surface area contributed by atoms with Gasteiger partial charge in [-0.25, -0.2) is 0 Å². The summed E-state index contributed by atoms with van der Waals surface area (Å²) in [6.45, 7) is 4.07. The van der Waals surface area contributed by atoms with Gasteiger partial charge in [-0.15, -0.1) is 0 Å². The molecule has 0 aromatic carbocycles. The molecule has 0 aromatic rings. The van der Waals surface area contributed by atoms with Crippen molar-refractivity contribution in [1.82, 2.24) is 0 Å². The van der Waals surface area contributed by atoms with Gasteiger partial charge in [-0.05, 0) is 31.0 Å². The van der Waals surface area contributed by atoms with Gasteiger partial charge in [0.2, 0.25) is 0 Å². The minimum absolute atomic E-state index is 0.695. The molecule has 0 aliphatic heterocycles. The molecule has 1 fully saturated rings. The molecule has 0 bridgehead atoms. The van der Waals surface area contributed by atoms with Crippen molar-refractivity contribution < 1.29 is 0 Å². The Hall–Kier alpha value is -0.720. The third-order valence-corrected chi connectivity index (χ3v) is 2.94. The first-order chi connectivity index (χ1) is 6.34. The van der Waals surface area contributed by atoms with Crippen LogP contribution in [0.4, 0.5) is 0 Å². The van der Waals surface area contributed by atoms with Crippen LogP contribution in [0.15, 0.2) is 24.4 Å². The number of nitrogens with two attached hydrogens (primary N) is 1. The van der Waals surface area contributed by atoms with Crippen LogP contribution in [0.2, 0.25) is 0 Å². The minimum atomic E-state index is 0.695. The Morgan fingerprint density at radius 3 is 2.15 bits per heavy atom. The van der Waals surface area contributed by atoms with Gasteiger partial charge in [-0.1, -0.05) is 44.3 Å². The molecule has 0 spiro atoms. The maximum atomic E-state index is 5.36. The molecule has 0 saturated heterocycles. The molecule has 13 heavy (non-hydrogen) atoms. The van der Waals surface area contributed by atoms with E-state index in [0.717, 1.165) is 0 Å². The van der Waals surface area contributed by atoms with Gasteiger partial charge in [0.15, 0.2) is 0 Å². The molecule has 0 heterocycles. The van der Waals surface area contributed by atoms with Gasteiger partial charge >= 0.3 is 0 Å². The van der Waals surface area contributed by atoms with Gasteiger partial charge in [-0.3, -0.25) is 0 Å². The molecule has 0 amide bonds. The fourth-order valence-electron chi connectivity index (χ4n) is 2.09. The predicted molar refractivity (Wildman–Crippen MR) is 58.3 cm³/mol. The number of rotatable bonds is 2. The molecule has 0 unspecified atom stereocenters. The monoisotopic (exact) mass is 179 g/mol. The van der Waals surface area contributed by atoms with Crippen LogP contribution >= 0.6 is 0 Å². The summed E-state index contributed by atoms with van der Waals surface area (Å²) in [4.78, 5) is 0. The molecule has 1 nitrogen and oxygen atoms in total. The average molecular weight is 179 g/mol. The summed E-state index contributed by atoms with van der Waals surface area (Å²) in [6, 6.07) is 0. The molecule has 1 rings (SSSR count). The van der Waals surface area contributed by atoms with E-state index in [0.29, 0.717) is 5.92 Å². The van der Waals surface area contributed by atoms with E-state index in [1.807, 2.05) is 6.08 Å². The highest BCUT2D eigenvalue weighted by Gasteiger charge is 2.12. The van der Waals surface area contributed by atoms with Crippen molar-refractivity contribution in [2.45, 2.75) is 44.9 Å². The van der Waals surface area contributed by atoms with Crippen LogP contribution in [-0.2, 0) is 0 Å². The molecule has 74 valence electrons. The molecular formula is C12H21N. The molecule has 1 aliphatic carbocycles. The highest BCUT2D eigenvalue weighted by molar-refractivity contribution is 5.16. The van der Waals surface area contributed by atoms with E-state index in [1.54, 1.807) is 6.20 Å². The normalized spacial score (nSPS) is 21.2. The Kier molecular flexibility index (Phi) is 4.66. The second-order valence-electron chi connectivity index (χ2n) is 3.98. The average Bonchev–Trinajstić information content (AvgIpc) is 2.03. The van der Waals surface area contributed by atoms with Crippen molar-refractivity contribution in [3.8, 4) is 0 Å². The SMILES string of the molecule is C=C(/C=C\N)C1CCCCCCC1. The Morgan fingerprint density at radius 1 is 1.08 bits per heavy atom. The Labute approximate surface area is 81.7 Å². The summed E-state index contributed by atoms with van der Waals surface area (Å²) in [5.74, 6) is 0.695. The molecule has 2 N–H and O–H groups in total. The first-order valence-electron chi connectivity index (χ1n) is 5.41. The van der Waals surface area contributed by atoms with E-state index in [1.165, 1.54) is 50.5 Å². The van der Waals surface area contributed by atoms with Gasteiger partial charge in [0.05, 0.1) is 0 Å². The van der Waals surface area contributed by atoms with Crippen LogP contribution in [0.3, 0.4) is 0 Å². The van der Waals surface area contributed by atoms with Crippen LogP contribution in [0.1, 0.15) is 44.9 Å². The third-order valence-electron chi connectivity index (χ3n) is 2.94. The summed E-state index contributed by atoms with van der Waals surface area (Å²) in [7, 11) is 0. The molecule has 0 atom stereocenters. The topological polar surface area (TPSA) is 26.0 Å². The van der Waals surface area contributed by atoms with Gasteiger partial charge in [0.1, 0.15) is 0 Å². The maximum absolute atomic E-state index is 5.36. The lowest BCUT2D eigenvalue weighted by molar-refractivity contribution is 0.425. The highest BCUT2D eigenvalue weighted by atomic mass is 14.5. The lowest BCUT2D eigenvalue weighted by Crippen LogP contribution is -2.05. The highest BCUT2D eigenvalue weighted by Crippen LogP contribution is 2.27. The fraction of sp³-hybridized carbons (Fsp3) is 0.667. The van der Waals surface area contributed by atoms with E-state index in [-0.39, 0.29) is 0 Å². The lowest BCUT2D eigenvalue weighted by Gasteiger charge is -2.19. The molecule has 1 aliphatic rings. The Bertz CT molecular complexity index is 174. The van der Waals surface area contributed by atoms with Crippen LogP contribution in [0, 0.1) is 5.92 Å². The van der Waals surface area contributed by atoms with Crippen molar-refractivity contribution in [1.29, 1.82) is 0 Å². The predicted octanol–water partition coefficient (Wildman–Crippen LogP) is 3.38. The van der Waals surface area contributed by atoms with Crippen molar-refractivity contribution >= 4 is 0 Å². The smallest absolute Gasteiger partial charge is 0.00597 e. The largest absolute Gasteiger partial charge is 0.405 e. The molecule has 1 saturated carbocycles. The van der Waals surface area contributed by atoms with Gasteiger partial charge in [0.25, 0.3) is 0 Å². The van der Waals surface area contributed by atoms with Crippen molar-refractivity contribution in [3.63, 3.8) is 0 Å². The standard InChI is InChI=1S/C12H21N/c1-11(9-10-13)12-7-5-3-2-4-6-8-12/h9-10,12H,1-8,13H2/b10-9-. The van der Waals surface area contributed by atoms with E-state index >= 15 is 0 Å². The van der Waals surface area contributed by atoms with Crippen LogP contribution < -0.4 is 5.73 Å². The minimum Gasteiger partial charge on any atom is -0.405 e. The van der Waals surface area contributed by atoms with Gasteiger partial charge < -0.3 is 5.73 Å². The summed E-state index contributed by atoms with van der Waals surface area (Å²) in [6.07, 6.45) is 13.1. The van der Waals surface area contributed by atoms with Crippen molar-refractivity contribution in [2.75, 3.05) is 0 Å². The Balaban J connectivity index is 2.40. The second-order valence-corrected chi connectivity index (χ2v) is 3.98. The number of hydrogen-bond donors (Lipinski definition) is 1. The van der Waals surface area contributed by atoms with E-state index in [9.17, 15) is 0 Å². The first-order valence-corrected chi connectivity index (χ1v) is 5.41. The maximum Gasteiger partial charge on any atom is -0.00597 e. The summed E-state index contributed by atoms with van der Waals surface area (Å²) in [5.41, 5.74) is 6.59. The van der Waals surface area contributed by atoms with Gasteiger partial charge in [-0.2, -0.15) is 0 Å². The van der Waals surface area contributed by atoms with Crippen molar-refractivity contribution in [2.24, 2.45) is 11.7 Å². The zero-order valence-corrected chi connectivity index (χ0v) is 8.47. The lowest BCUT2D eigenvalue weighted by atomic mass is 9.86. The number of allylic oxidation sites excluding steroid dienone is 2. The zero-order chi connectivity index (χ0) is 9.52. The van der Waals surface area contributed by atoms with Crippen LogP contribution in [0.25, 0.3) is 0 Å². The van der Waals surface area contributed by atoms with E-state index in [4.69, 9.17) is 5.73 Å². The summed E-state index contributed by atoms with van der Waals surface area (Å²) >= 11 is 0. The third kappa shape index (κ3) is 3.67. The zero-order valence-electron chi connectivity index (χ0n) is 8.47. The molecule has 0 radical (unpaired) electrons. The Morgan fingerprint density at radius 2 is 1.62 bits per heavy atom. The number of hydrogen-bond acceptors (Lipinski definition) is 1.